The summed E-state index contributed by atoms with van der Waals surface area (Å²) in [6.45, 7) is 4.13. The van der Waals surface area contributed by atoms with Gasteiger partial charge in [-0.3, -0.25) is 4.79 Å². The molecule has 0 aliphatic heterocycles. The van der Waals surface area contributed by atoms with E-state index in [9.17, 15) is 4.79 Å². The second kappa shape index (κ2) is 7.66. The van der Waals surface area contributed by atoms with Crippen molar-refractivity contribution in [1.82, 2.24) is 9.36 Å². The molecule has 0 saturated heterocycles. The molecule has 0 N–H and O–H groups in total. The Balaban J connectivity index is 2.61. The summed E-state index contributed by atoms with van der Waals surface area (Å²) in [4.78, 5) is 16.0. The summed E-state index contributed by atoms with van der Waals surface area (Å²) in [5.41, 5.74) is 0. The Morgan fingerprint density at radius 2 is 2.29 bits per heavy atom. The van der Waals surface area contributed by atoms with E-state index in [0.29, 0.717) is 0 Å². The van der Waals surface area contributed by atoms with Gasteiger partial charge in [0.25, 0.3) is 0 Å². The number of thioether (sulfide) groups is 1. The molecule has 6 heteroatoms. The molecule has 1 rings (SSSR count). The van der Waals surface area contributed by atoms with Crippen LogP contribution >= 0.6 is 23.3 Å². The van der Waals surface area contributed by atoms with Gasteiger partial charge in [-0.2, -0.15) is 4.37 Å². The lowest BCUT2D eigenvalue weighted by Crippen LogP contribution is -2.18. The van der Waals surface area contributed by atoms with Gasteiger partial charge in [-0.05, 0) is 18.0 Å². The van der Waals surface area contributed by atoms with Crippen molar-refractivity contribution in [2.24, 2.45) is 0 Å². The lowest BCUT2D eigenvalue weighted by atomic mass is 10.2. The van der Waals surface area contributed by atoms with Crippen LogP contribution < -0.4 is 0 Å². The molecule has 1 aromatic rings. The number of hydrogen-bond acceptors (Lipinski definition) is 6. The maximum absolute atomic E-state index is 11.6. The van der Waals surface area contributed by atoms with Gasteiger partial charge in [0.05, 0.1) is 7.11 Å². The summed E-state index contributed by atoms with van der Waals surface area (Å²) in [5.74, 6) is 0.674. The van der Waals surface area contributed by atoms with Gasteiger partial charge in [-0.25, -0.2) is 4.98 Å². The molecule has 0 aromatic carbocycles. The van der Waals surface area contributed by atoms with Crippen LogP contribution in [0.25, 0.3) is 0 Å². The first-order chi connectivity index (χ1) is 8.21. The molecule has 1 heterocycles. The van der Waals surface area contributed by atoms with E-state index >= 15 is 0 Å². The predicted octanol–water partition coefficient (Wildman–Crippen LogP) is 2.92. The zero-order chi connectivity index (χ0) is 12.7. The largest absolute Gasteiger partial charge is 0.468 e. The molecule has 0 fully saturated rings. The predicted molar refractivity (Wildman–Crippen MR) is 70.5 cm³/mol. The molecule has 4 nitrogen and oxygen atoms in total. The molecule has 17 heavy (non-hydrogen) atoms. The lowest BCUT2D eigenvalue weighted by molar-refractivity contribution is -0.140. The van der Waals surface area contributed by atoms with Gasteiger partial charge in [-0.1, -0.05) is 38.5 Å². The Bertz CT molecular complexity index is 355. The average molecular weight is 274 g/mol. The number of unbranched alkanes of at least 4 members (excludes halogenated alkanes) is 1. The van der Waals surface area contributed by atoms with Gasteiger partial charge in [0, 0.05) is 6.42 Å². The van der Waals surface area contributed by atoms with Crippen LogP contribution in [0.4, 0.5) is 0 Å². The van der Waals surface area contributed by atoms with E-state index in [4.69, 9.17) is 4.74 Å². The van der Waals surface area contributed by atoms with Crippen LogP contribution in [0.5, 0.6) is 0 Å². The standard InChI is InChI=1S/C11H18N2O2S2/c1-4-6-7-8(10(14)15-3)16-11-12-9(5-2)13-17-11/h8H,4-7H2,1-3H3. The molecule has 1 aromatic heterocycles. The van der Waals surface area contributed by atoms with Crippen LogP contribution in [0, 0.1) is 0 Å². The molecule has 96 valence electrons. The topological polar surface area (TPSA) is 52.1 Å². The molecule has 1 unspecified atom stereocenters. The zero-order valence-corrected chi connectivity index (χ0v) is 12.1. The van der Waals surface area contributed by atoms with Gasteiger partial charge in [0.1, 0.15) is 11.1 Å². The normalized spacial score (nSPS) is 12.4. The highest BCUT2D eigenvalue weighted by atomic mass is 32.2. The van der Waals surface area contributed by atoms with Crippen molar-refractivity contribution >= 4 is 29.3 Å². The van der Waals surface area contributed by atoms with E-state index in [0.717, 1.165) is 35.8 Å². The summed E-state index contributed by atoms with van der Waals surface area (Å²) < 4.78 is 9.88. The van der Waals surface area contributed by atoms with Crippen LogP contribution in [0.15, 0.2) is 4.34 Å². The number of hydrogen-bond donors (Lipinski definition) is 0. The molecule has 0 spiro atoms. The zero-order valence-electron chi connectivity index (χ0n) is 10.4. The minimum Gasteiger partial charge on any atom is -0.468 e. The first kappa shape index (κ1) is 14.4. The van der Waals surface area contributed by atoms with E-state index in [-0.39, 0.29) is 11.2 Å². The molecule has 0 amide bonds. The summed E-state index contributed by atoms with van der Waals surface area (Å²) in [6.07, 6.45) is 3.75. The van der Waals surface area contributed by atoms with Crippen LogP contribution in [-0.2, 0) is 16.0 Å². The Hall–Kier alpha value is -0.620. The van der Waals surface area contributed by atoms with Crippen molar-refractivity contribution < 1.29 is 9.53 Å². The van der Waals surface area contributed by atoms with Crippen LogP contribution in [0.3, 0.4) is 0 Å². The maximum atomic E-state index is 11.6. The minimum atomic E-state index is -0.170. The van der Waals surface area contributed by atoms with Gasteiger partial charge in [-0.15, -0.1) is 0 Å². The second-order valence-electron chi connectivity index (χ2n) is 3.60. The number of aromatic nitrogens is 2. The molecule has 0 saturated carbocycles. The number of carbonyl (C=O) groups is 1. The third kappa shape index (κ3) is 4.63. The first-order valence-corrected chi connectivity index (χ1v) is 7.43. The van der Waals surface area contributed by atoms with Gasteiger partial charge < -0.3 is 4.74 Å². The number of esters is 1. The van der Waals surface area contributed by atoms with E-state index in [1.165, 1.54) is 30.4 Å². The summed E-state index contributed by atoms with van der Waals surface area (Å²) in [6, 6.07) is 0. The Labute approximate surface area is 110 Å². The van der Waals surface area contributed by atoms with Crippen molar-refractivity contribution in [2.75, 3.05) is 7.11 Å². The number of ether oxygens (including phenoxy) is 1. The minimum absolute atomic E-state index is 0.155. The molecule has 0 radical (unpaired) electrons. The Morgan fingerprint density at radius 3 is 2.82 bits per heavy atom. The molecular weight excluding hydrogens is 256 g/mol. The van der Waals surface area contributed by atoms with Crippen molar-refractivity contribution in [3.8, 4) is 0 Å². The highest BCUT2D eigenvalue weighted by Crippen LogP contribution is 2.29. The van der Waals surface area contributed by atoms with Crippen molar-refractivity contribution in [3.05, 3.63) is 5.82 Å². The quantitative estimate of drug-likeness (QED) is 0.565. The van der Waals surface area contributed by atoms with Crippen molar-refractivity contribution in [2.45, 2.75) is 49.1 Å². The molecule has 0 aliphatic rings. The summed E-state index contributed by atoms with van der Waals surface area (Å²) in [5, 5.41) is -0.155. The summed E-state index contributed by atoms with van der Waals surface area (Å²) >= 11 is 2.83. The van der Waals surface area contributed by atoms with Crippen molar-refractivity contribution in [1.29, 1.82) is 0 Å². The number of rotatable bonds is 7. The Morgan fingerprint density at radius 1 is 1.53 bits per heavy atom. The van der Waals surface area contributed by atoms with Crippen LogP contribution in [0.1, 0.15) is 38.9 Å². The molecule has 0 aliphatic carbocycles. The number of nitrogens with zero attached hydrogens (tertiary/aromatic N) is 2. The average Bonchev–Trinajstić information content (AvgIpc) is 2.81. The molecular formula is C11H18N2O2S2. The Kier molecular flexibility index (Phi) is 6.50. The van der Waals surface area contributed by atoms with Crippen molar-refractivity contribution in [3.63, 3.8) is 0 Å². The highest BCUT2D eigenvalue weighted by Gasteiger charge is 2.21. The fraction of sp³-hybridized carbons (Fsp3) is 0.727. The van der Waals surface area contributed by atoms with E-state index in [1.807, 2.05) is 6.92 Å². The number of methoxy groups -OCH3 is 1. The number of aryl methyl sites for hydroxylation is 1. The van der Waals surface area contributed by atoms with E-state index in [2.05, 4.69) is 16.3 Å². The third-order valence-corrected chi connectivity index (χ3v) is 4.36. The molecule has 0 bridgehead atoms. The monoisotopic (exact) mass is 274 g/mol. The fourth-order valence-electron chi connectivity index (χ4n) is 1.30. The maximum Gasteiger partial charge on any atom is 0.319 e. The fourth-order valence-corrected chi connectivity index (χ4v) is 3.31. The van der Waals surface area contributed by atoms with E-state index in [1.54, 1.807) is 0 Å². The summed E-state index contributed by atoms with van der Waals surface area (Å²) in [7, 11) is 1.43. The molecule has 1 atom stereocenters. The SMILES string of the molecule is CCCCC(Sc1nc(CC)ns1)C(=O)OC. The highest BCUT2D eigenvalue weighted by molar-refractivity contribution is 8.02. The first-order valence-electron chi connectivity index (χ1n) is 5.78. The third-order valence-electron chi connectivity index (χ3n) is 2.29. The smallest absolute Gasteiger partial charge is 0.319 e. The lowest BCUT2D eigenvalue weighted by Gasteiger charge is -2.11. The van der Waals surface area contributed by atoms with E-state index < -0.39 is 0 Å². The van der Waals surface area contributed by atoms with Gasteiger partial charge in [0.15, 0.2) is 4.34 Å². The number of carbonyl (C=O) groups excluding carboxylic acids is 1. The van der Waals surface area contributed by atoms with Crippen LogP contribution in [0.2, 0.25) is 0 Å². The van der Waals surface area contributed by atoms with Gasteiger partial charge >= 0.3 is 5.97 Å². The van der Waals surface area contributed by atoms with Crippen LogP contribution in [-0.4, -0.2) is 27.7 Å². The van der Waals surface area contributed by atoms with Gasteiger partial charge in [0.2, 0.25) is 0 Å². The second-order valence-corrected chi connectivity index (χ2v) is 5.80.